The molecule has 0 N–H and O–H groups in total. The number of anilines is 1. The van der Waals surface area contributed by atoms with Crippen LogP contribution in [0.25, 0.3) is 6.08 Å². The van der Waals surface area contributed by atoms with Crippen molar-refractivity contribution in [2.75, 3.05) is 37.9 Å². The summed E-state index contributed by atoms with van der Waals surface area (Å²) in [7, 11) is 0. The normalized spacial score (nSPS) is 14.4. The number of hydrogen-bond donors (Lipinski definition) is 0. The molecule has 0 unspecified atom stereocenters. The van der Waals surface area contributed by atoms with Crippen LogP contribution in [0.2, 0.25) is 0 Å². The topological polar surface area (TPSA) is 57.2 Å². The molecule has 0 radical (unpaired) electrons. The first-order valence-electron chi connectivity index (χ1n) is 11.6. The second-order valence-corrected chi connectivity index (χ2v) is 9.29. The minimum Gasteiger partial charge on any atom is -0.491 e. The van der Waals surface area contributed by atoms with Crippen molar-refractivity contribution in [3.63, 3.8) is 0 Å². The Hall–Kier alpha value is -3.33. The average Bonchev–Trinajstić information content (AvgIpc) is 3.18. The Labute approximate surface area is 220 Å². The number of benzene rings is 3. The number of rotatable bonds is 12. The minimum absolute atomic E-state index is 0.136. The number of carbonyl (C=O) groups excluding carboxylic acids is 1. The molecular formula is C28H27NO5S2. The third kappa shape index (κ3) is 6.87. The van der Waals surface area contributed by atoms with Crippen LogP contribution in [-0.2, 0) is 9.53 Å². The van der Waals surface area contributed by atoms with Gasteiger partial charge in [0.15, 0.2) is 15.8 Å². The van der Waals surface area contributed by atoms with Crippen molar-refractivity contribution in [3.8, 4) is 17.2 Å². The molecule has 0 spiro atoms. The fourth-order valence-corrected chi connectivity index (χ4v) is 4.77. The van der Waals surface area contributed by atoms with E-state index < -0.39 is 0 Å². The van der Waals surface area contributed by atoms with Crippen LogP contribution in [0.5, 0.6) is 17.2 Å². The zero-order valence-corrected chi connectivity index (χ0v) is 21.6. The highest BCUT2D eigenvalue weighted by molar-refractivity contribution is 8.27. The SMILES string of the molecule is CCOc1cc(C=C2SC(=S)N(c3ccccc3)C2=O)ccc1OCCOCCOc1ccccc1. The Balaban J connectivity index is 1.31. The van der Waals surface area contributed by atoms with Crippen molar-refractivity contribution in [2.45, 2.75) is 6.92 Å². The molecule has 1 heterocycles. The van der Waals surface area contributed by atoms with Gasteiger partial charge in [0.25, 0.3) is 5.91 Å². The Kier molecular flexibility index (Phi) is 9.38. The fourth-order valence-electron chi connectivity index (χ4n) is 3.47. The number of carbonyl (C=O) groups is 1. The van der Waals surface area contributed by atoms with Crippen molar-refractivity contribution < 1.29 is 23.7 Å². The standard InChI is InChI=1S/C28H27NO5S2/c1-2-32-25-19-21(20-26-27(30)29(28(35)36-26)22-9-5-3-6-10-22)13-14-24(25)34-18-16-31-15-17-33-23-11-7-4-8-12-23/h3-14,19-20H,2,15-18H2,1H3. The van der Waals surface area contributed by atoms with Crippen LogP contribution in [0, 0.1) is 0 Å². The molecule has 0 bridgehead atoms. The van der Waals surface area contributed by atoms with Crippen LogP contribution >= 0.6 is 24.0 Å². The lowest BCUT2D eigenvalue weighted by Gasteiger charge is -2.14. The first-order valence-corrected chi connectivity index (χ1v) is 12.9. The fraction of sp³-hybridized carbons (Fsp3) is 0.214. The molecule has 0 aliphatic carbocycles. The Morgan fingerprint density at radius 2 is 1.53 bits per heavy atom. The number of para-hydroxylation sites is 2. The van der Waals surface area contributed by atoms with Crippen molar-refractivity contribution in [3.05, 3.63) is 89.3 Å². The van der Waals surface area contributed by atoms with E-state index in [9.17, 15) is 4.79 Å². The number of hydrogen-bond acceptors (Lipinski definition) is 7. The summed E-state index contributed by atoms with van der Waals surface area (Å²) >= 11 is 6.74. The van der Waals surface area contributed by atoms with Gasteiger partial charge in [0.05, 0.1) is 30.4 Å². The second kappa shape index (κ2) is 13.1. The van der Waals surface area contributed by atoms with Gasteiger partial charge in [-0.25, -0.2) is 0 Å². The third-order valence-electron chi connectivity index (χ3n) is 5.10. The molecule has 1 fully saturated rings. The average molecular weight is 522 g/mol. The largest absolute Gasteiger partial charge is 0.491 e. The molecule has 186 valence electrons. The van der Waals surface area contributed by atoms with Gasteiger partial charge in [0, 0.05) is 0 Å². The molecular weight excluding hydrogens is 494 g/mol. The number of amides is 1. The summed E-state index contributed by atoms with van der Waals surface area (Å²) in [6.45, 7) is 4.14. The van der Waals surface area contributed by atoms with Gasteiger partial charge in [0.1, 0.15) is 19.0 Å². The van der Waals surface area contributed by atoms with E-state index in [2.05, 4.69) is 0 Å². The highest BCUT2D eigenvalue weighted by Gasteiger charge is 2.33. The predicted octanol–water partition coefficient (Wildman–Crippen LogP) is 5.97. The van der Waals surface area contributed by atoms with Gasteiger partial charge < -0.3 is 18.9 Å². The van der Waals surface area contributed by atoms with E-state index in [0.29, 0.717) is 53.8 Å². The van der Waals surface area contributed by atoms with Crippen molar-refractivity contribution in [1.82, 2.24) is 0 Å². The maximum Gasteiger partial charge on any atom is 0.270 e. The summed E-state index contributed by atoms with van der Waals surface area (Å²) in [6.07, 6.45) is 1.82. The molecule has 1 aliphatic heterocycles. The Morgan fingerprint density at radius 1 is 0.833 bits per heavy atom. The lowest BCUT2D eigenvalue weighted by Crippen LogP contribution is -2.27. The number of nitrogens with zero attached hydrogens (tertiary/aromatic N) is 1. The molecule has 0 saturated carbocycles. The van der Waals surface area contributed by atoms with Crippen molar-refractivity contribution in [2.24, 2.45) is 0 Å². The summed E-state index contributed by atoms with van der Waals surface area (Å²) in [5, 5.41) is 0. The lowest BCUT2D eigenvalue weighted by atomic mass is 10.1. The van der Waals surface area contributed by atoms with Crippen LogP contribution in [0.15, 0.2) is 83.8 Å². The summed E-state index contributed by atoms with van der Waals surface area (Å²) in [5.74, 6) is 1.91. The van der Waals surface area contributed by atoms with Gasteiger partial charge in [0.2, 0.25) is 0 Å². The van der Waals surface area contributed by atoms with E-state index in [1.165, 1.54) is 11.8 Å². The first-order chi connectivity index (χ1) is 17.7. The monoisotopic (exact) mass is 521 g/mol. The smallest absolute Gasteiger partial charge is 0.270 e. The van der Waals surface area contributed by atoms with Gasteiger partial charge >= 0.3 is 0 Å². The van der Waals surface area contributed by atoms with Crippen molar-refractivity contribution in [1.29, 1.82) is 0 Å². The van der Waals surface area contributed by atoms with E-state index in [0.717, 1.165) is 17.0 Å². The Bertz CT molecular complexity index is 1200. The molecule has 1 saturated heterocycles. The zero-order chi connectivity index (χ0) is 25.2. The quantitative estimate of drug-likeness (QED) is 0.165. The Morgan fingerprint density at radius 3 is 2.25 bits per heavy atom. The molecule has 0 atom stereocenters. The minimum atomic E-state index is -0.136. The van der Waals surface area contributed by atoms with Crippen molar-refractivity contribution >= 4 is 46.0 Å². The predicted molar refractivity (Wildman–Crippen MR) is 148 cm³/mol. The molecule has 3 aromatic carbocycles. The number of thioether (sulfide) groups is 1. The molecule has 1 amide bonds. The summed E-state index contributed by atoms with van der Waals surface area (Å²) in [5.41, 5.74) is 1.59. The van der Waals surface area contributed by atoms with Gasteiger partial charge in [-0.05, 0) is 55.0 Å². The third-order valence-corrected chi connectivity index (χ3v) is 6.40. The zero-order valence-electron chi connectivity index (χ0n) is 19.9. The van der Waals surface area contributed by atoms with E-state index >= 15 is 0 Å². The highest BCUT2D eigenvalue weighted by atomic mass is 32.2. The van der Waals surface area contributed by atoms with E-state index in [1.54, 1.807) is 4.90 Å². The van der Waals surface area contributed by atoms with Gasteiger partial charge in [-0.2, -0.15) is 0 Å². The molecule has 0 aromatic heterocycles. The van der Waals surface area contributed by atoms with Crippen LogP contribution in [0.1, 0.15) is 12.5 Å². The van der Waals surface area contributed by atoms with Crippen LogP contribution < -0.4 is 19.1 Å². The number of thiocarbonyl (C=S) groups is 1. The molecule has 8 heteroatoms. The van der Waals surface area contributed by atoms with Crippen LogP contribution in [0.3, 0.4) is 0 Å². The maximum absolute atomic E-state index is 13.0. The molecule has 1 aliphatic rings. The van der Waals surface area contributed by atoms with Gasteiger partial charge in [-0.1, -0.05) is 66.4 Å². The van der Waals surface area contributed by atoms with E-state index in [1.807, 2.05) is 91.9 Å². The van der Waals surface area contributed by atoms with E-state index in [-0.39, 0.29) is 5.91 Å². The molecule has 36 heavy (non-hydrogen) atoms. The molecule has 4 rings (SSSR count). The summed E-state index contributed by atoms with van der Waals surface area (Å²) in [4.78, 5) is 15.1. The van der Waals surface area contributed by atoms with Crippen LogP contribution in [0.4, 0.5) is 5.69 Å². The second-order valence-electron chi connectivity index (χ2n) is 7.61. The highest BCUT2D eigenvalue weighted by Crippen LogP contribution is 2.37. The van der Waals surface area contributed by atoms with Crippen LogP contribution in [-0.4, -0.2) is 43.3 Å². The molecule has 3 aromatic rings. The lowest BCUT2D eigenvalue weighted by molar-refractivity contribution is -0.113. The number of ether oxygens (including phenoxy) is 4. The molecule has 6 nitrogen and oxygen atoms in total. The van der Waals surface area contributed by atoms with E-state index in [4.69, 9.17) is 31.2 Å². The van der Waals surface area contributed by atoms with Gasteiger partial charge in [-0.3, -0.25) is 9.69 Å². The van der Waals surface area contributed by atoms with Gasteiger partial charge in [-0.15, -0.1) is 0 Å². The maximum atomic E-state index is 13.0. The first kappa shape index (κ1) is 25.8. The summed E-state index contributed by atoms with van der Waals surface area (Å²) in [6, 6.07) is 24.6. The summed E-state index contributed by atoms with van der Waals surface area (Å²) < 4.78 is 23.4.